The van der Waals surface area contributed by atoms with E-state index in [1.54, 1.807) is 6.07 Å². The molecule has 0 radical (unpaired) electrons. The number of rotatable bonds is 2. The third-order valence-corrected chi connectivity index (χ3v) is 5.02. The van der Waals surface area contributed by atoms with Gasteiger partial charge in [0.25, 0.3) is 5.91 Å². The monoisotopic (exact) mass is 383 g/mol. The summed E-state index contributed by atoms with van der Waals surface area (Å²) in [5.74, 6) is -0.474. The van der Waals surface area contributed by atoms with Crippen molar-refractivity contribution in [3.63, 3.8) is 0 Å². The van der Waals surface area contributed by atoms with Gasteiger partial charge in [-0.15, -0.1) is 11.3 Å². The number of hydrogen-bond donors (Lipinski definition) is 2. The zero-order chi connectivity index (χ0) is 17.1. The fraction of sp³-hybridized carbons (Fsp3) is 0.133. The van der Waals surface area contributed by atoms with Gasteiger partial charge in [-0.05, 0) is 49.8 Å². The standard InChI is InChI=1S/C15H11Cl2N3OS2/c1-7-8(2)23-14(11(7)6-18)20-15(22)19-13(21)10-5-9(16)3-4-12(10)17/h3-5H,1-2H3,(H2,19,20,21,22). The molecule has 0 unspecified atom stereocenters. The summed E-state index contributed by atoms with van der Waals surface area (Å²) in [4.78, 5) is 13.2. The predicted molar refractivity (Wildman–Crippen MR) is 98.7 cm³/mol. The SMILES string of the molecule is Cc1sc(NC(=S)NC(=O)c2cc(Cl)ccc2Cl)c(C#N)c1C. The minimum absolute atomic E-state index is 0.0868. The molecule has 8 heteroatoms. The maximum absolute atomic E-state index is 12.2. The number of hydrogen-bond acceptors (Lipinski definition) is 4. The van der Waals surface area contributed by atoms with Crippen LogP contribution in [-0.2, 0) is 0 Å². The number of nitriles is 1. The van der Waals surface area contributed by atoms with E-state index in [-0.39, 0.29) is 15.7 Å². The molecule has 0 spiro atoms. The summed E-state index contributed by atoms with van der Waals surface area (Å²) in [6, 6.07) is 6.72. The van der Waals surface area contributed by atoms with Gasteiger partial charge in [0.15, 0.2) is 5.11 Å². The quantitative estimate of drug-likeness (QED) is 0.739. The lowest BCUT2D eigenvalue weighted by atomic mass is 10.2. The van der Waals surface area contributed by atoms with E-state index in [0.717, 1.165) is 10.4 Å². The molecule has 2 aromatic rings. The highest BCUT2D eigenvalue weighted by Gasteiger charge is 2.16. The molecule has 1 aromatic carbocycles. The van der Waals surface area contributed by atoms with Crippen molar-refractivity contribution in [1.29, 1.82) is 5.26 Å². The van der Waals surface area contributed by atoms with Crippen LogP contribution in [0.25, 0.3) is 0 Å². The highest BCUT2D eigenvalue weighted by atomic mass is 35.5. The van der Waals surface area contributed by atoms with Gasteiger partial charge in [0.1, 0.15) is 11.1 Å². The summed E-state index contributed by atoms with van der Waals surface area (Å²) in [5, 5.41) is 16.0. The maximum Gasteiger partial charge on any atom is 0.258 e. The van der Waals surface area contributed by atoms with Gasteiger partial charge in [-0.3, -0.25) is 10.1 Å². The second-order valence-corrected chi connectivity index (χ2v) is 7.11. The second-order valence-electron chi connectivity index (χ2n) is 4.63. The fourth-order valence-corrected chi connectivity index (χ4v) is 3.48. The van der Waals surface area contributed by atoms with Gasteiger partial charge >= 0.3 is 0 Å². The second kappa shape index (κ2) is 7.28. The van der Waals surface area contributed by atoms with Gasteiger partial charge in [-0.1, -0.05) is 23.2 Å². The van der Waals surface area contributed by atoms with Crippen molar-refractivity contribution in [2.24, 2.45) is 0 Å². The number of thiophene rings is 1. The van der Waals surface area contributed by atoms with Gasteiger partial charge in [0.2, 0.25) is 0 Å². The van der Waals surface area contributed by atoms with Crippen molar-refractivity contribution in [3.8, 4) is 6.07 Å². The molecule has 1 amide bonds. The number of amides is 1. The normalized spacial score (nSPS) is 10.0. The molecule has 1 heterocycles. The average Bonchev–Trinajstić information content (AvgIpc) is 2.75. The first-order chi connectivity index (χ1) is 10.8. The van der Waals surface area contributed by atoms with Crippen LogP contribution in [0, 0.1) is 25.2 Å². The van der Waals surface area contributed by atoms with Crippen molar-refractivity contribution < 1.29 is 4.79 Å². The molecule has 2 rings (SSSR count). The number of carbonyl (C=O) groups is 1. The first kappa shape index (κ1) is 17.7. The Morgan fingerprint density at radius 1 is 1.35 bits per heavy atom. The van der Waals surface area contributed by atoms with E-state index >= 15 is 0 Å². The van der Waals surface area contributed by atoms with Crippen LogP contribution in [0.5, 0.6) is 0 Å². The molecule has 0 saturated heterocycles. The topological polar surface area (TPSA) is 64.9 Å². The first-order valence-electron chi connectivity index (χ1n) is 6.41. The van der Waals surface area contributed by atoms with Crippen molar-refractivity contribution in [3.05, 3.63) is 49.8 Å². The Morgan fingerprint density at radius 2 is 2.04 bits per heavy atom. The molecule has 0 fully saturated rings. The molecule has 2 N–H and O–H groups in total. The smallest absolute Gasteiger partial charge is 0.258 e. The zero-order valence-electron chi connectivity index (χ0n) is 12.2. The number of benzene rings is 1. The Morgan fingerprint density at radius 3 is 2.70 bits per heavy atom. The van der Waals surface area contributed by atoms with Crippen molar-refractivity contribution >= 4 is 62.8 Å². The van der Waals surface area contributed by atoms with E-state index in [1.807, 2.05) is 13.8 Å². The fourth-order valence-electron chi connectivity index (χ4n) is 1.83. The number of nitrogens with one attached hydrogen (secondary N) is 2. The van der Waals surface area contributed by atoms with Crippen molar-refractivity contribution in [2.75, 3.05) is 5.32 Å². The van der Waals surface area contributed by atoms with Gasteiger partial charge < -0.3 is 5.32 Å². The number of thiocarbonyl (C=S) groups is 1. The number of halogens is 2. The Hall–Kier alpha value is -1.65. The molecule has 0 aliphatic rings. The number of nitrogens with zero attached hydrogens (tertiary/aromatic N) is 1. The van der Waals surface area contributed by atoms with Crippen LogP contribution in [-0.4, -0.2) is 11.0 Å². The average molecular weight is 384 g/mol. The third kappa shape index (κ3) is 4.01. The molecule has 1 aromatic heterocycles. The van der Waals surface area contributed by atoms with Crippen molar-refractivity contribution in [2.45, 2.75) is 13.8 Å². The molecular formula is C15H11Cl2N3OS2. The first-order valence-corrected chi connectivity index (χ1v) is 8.39. The minimum Gasteiger partial charge on any atom is -0.323 e. The van der Waals surface area contributed by atoms with E-state index in [4.69, 9.17) is 35.4 Å². The molecule has 0 atom stereocenters. The molecular weight excluding hydrogens is 373 g/mol. The summed E-state index contributed by atoms with van der Waals surface area (Å²) in [7, 11) is 0. The summed E-state index contributed by atoms with van der Waals surface area (Å²) >= 11 is 18.4. The van der Waals surface area contributed by atoms with Gasteiger partial charge in [0.05, 0.1) is 16.1 Å². The summed E-state index contributed by atoms with van der Waals surface area (Å²) in [5.41, 5.74) is 1.64. The number of carbonyl (C=O) groups excluding carboxylic acids is 1. The highest BCUT2D eigenvalue weighted by molar-refractivity contribution is 7.80. The molecule has 0 aliphatic heterocycles. The van der Waals surface area contributed by atoms with E-state index in [9.17, 15) is 10.1 Å². The Labute approximate surface area is 153 Å². The predicted octanol–water partition coefficient (Wildman–Crippen LogP) is 4.67. The highest BCUT2D eigenvalue weighted by Crippen LogP contribution is 2.31. The lowest BCUT2D eigenvalue weighted by molar-refractivity contribution is 0.0978. The van der Waals surface area contributed by atoms with Gasteiger partial charge in [-0.2, -0.15) is 5.26 Å². The van der Waals surface area contributed by atoms with Gasteiger partial charge in [0, 0.05) is 9.90 Å². The van der Waals surface area contributed by atoms with Crippen LogP contribution in [0.1, 0.15) is 26.4 Å². The van der Waals surface area contributed by atoms with Crippen LogP contribution < -0.4 is 10.6 Å². The summed E-state index contributed by atoms with van der Waals surface area (Å²) in [6.45, 7) is 3.78. The van der Waals surface area contributed by atoms with Crippen LogP contribution in [0.2, 0.25) is 10.0 Å². The van der Waals surface area contributed by atoms with Crippen LogP contribution in [0.3, 0.4) is 0 Å². The minimum atomic E-state index is -0.474. The molecule has 23 heavy (non-hydrogen) atoms. The van der Waals surface area contributed by atoms with Crippen LogP contribution in [0.4, 0.5) is 5.00 Å². The zero-order valence-corrected chi connectivity index (χ0v) is 15.3. The lowest BCUT2D eigenvalue weighted by Gasteiger charge is -2.09. The van der Waals surface area contributed by atoms with Gasteiger partial charge in [-0.25, -0.2) is 0 Å². The van der Waals surface area contributed by atoms with E-state index in [1.165, 1.54) is 23.5 Å². The maximum atomic E-state index is 12.2. The largest absolute Gasteiger partial charge is 0.323 e. The molecule has 0 bridgehead atoms. The van der Waals surface area contributed by atoms with E-state index in [0.29, 0.717) is 15.6 Å². The number of aryl methyl sites for hydroxylation is 1. The Balaban J connectivity index is 2.14. The molecule has 0 saturated carbocycles. The summed E-state index contributed by atoms with van der Waals surface area (Å²) < 4.78 is 0. The number of anilines is 1. The summed E-state index contributed by atoms with van der Waals surface area (Å²) in [6.07, 6.45) is 0. The van der Waals surface area contributed by atoms with Crippen LogP contribution in [0.15, 0.2) is 18.2 Å². The Kier molecular flexibility index (Phi) is 5.60. The molecule has 118 valence electrons. The molecule has 0 aliphatic carbocycles. The van der Waals surface area contributed by atoms with Crippen LogP contribution >= 0.6 is 46.8 Å². The van der Waals surface area contributed by atoms with E-state index < -0.39 is 5.91 Å². The lowest BCUT2D eigenvalue weighted by Crippen LogP contribution is -2.34. The van der Waals surface area contributed by atoms with E-state index in [2.05, 4.69) is 16.7 Å². The Bertz CT molecular complexity index is 840. The van der Waals surface area contributed by atoms with Crippen molar-refractivity contribution in [1.82, 2.24) is 5.32 Å². The molecule has 4 nitrogen and oxygen atoms in total. The third-order valence-electron chi connectivity index (χ3n) is 3.12.